The van der Waals surface area contributed by atoms with E-state index in [0.29, 0.717) is 0 Å². The minimum absolute atomic E-state index is 0.0745. The molecular weight excluding hydrogens is 363 g/mol. The summed E-state index contributed by atoms with van der Waals surface area (Å²) >= 11 is 16.9. The number of ether oxygens (including phenoxy) is 1. The highest BCUT2D eigenvalue weighted by molar-refractivity contribution is 6.37. The Labute approximate surface area is 139 Å². The summed E-state index contributed by atoms with van der Waals surface area (Å²) in [5, 5.41) is -0.218. The molecule has 1 atom stereocenters. The largest absolute Gasteiger partial charge is 0.461 e. The maximum absolute atomic E-state index is 14.0. The molecule has 0 aliphatic carbocycles. The van der Waals surface area contributed by atoms with Gasteiger partial charge in [0.2, 0.25) is 5.60 Å². The van der Waals surface area contributed by atoms with E-state index >= 15 is 0 Å². The quantitative estimate of drug-likeness (QED) is 0.583. The van der Waals surface area contributed by atoms with Gasteiger partial charge in [0.05, 0.1) is 13.0 Å². The van der Waals surface area contributed by atoms with E-state index in [2.05, 4.69) is 5.16 Å². The van der Waals surface area contributed by atoms with E-state index in [1.54, 1.807) is 6.92 Å². The smallest absolute Gasteiger partial charge is 0.367 e. The molecule has 0 bridgehead atoms. The highest BCUT2D eigenvalue weighted by atomic mass is 35.5. The molecule has 1 aliphatic heterocycles. The van der Waals surface area contributed by atoms with Crippen molar-refractivity contribution in [2.75, 3.05) is 6.61 Å². The van der Waals surface area contributed by atoms with E-state index < -0.39 is 23.4 Å². The number of oxime groups is 1. The average molecular weight is 373 g/mol. The van der Waals surface area contributed by atoms with Gasteiger partial charge in [-0.3, -0.25) is 0 Å². The lowest BCUT2D eigenvalue weighted by atomic mass is 9.89. The first-order valence-corrected chi connectivity index (χ1v) is 7.28. The SMILES string of the molecule is CCOC(=O)C1=NOC(c2cc(Cl)cc(Cl)c2)(C(F)(F)Cl)C1. The molecule has 0 saturated carbocycles. The van der Waals surface area contributed by atoms with E-state index in [1.165, 1.54) is 18.2 Å². The van der Waals surface area contributed by atoms with Crippen molar-refractivity contribution in [2.45, 2.75) is 24.3 Å². The molecule has 0 spiro atoms. The second kappa shape index (κ2) is 6.18. The zero-order valence-electron chi connectivity index (χ0n) is 11.2. The lowest BCUT2D eigenvalue weighted by Gasteiger charge is -2.30. The number of hydrogen-bond acceptors (Lipinski definition) is 4. The summed E-state index contributed by atoms with van der Waals surface area (Å²) in [6.45, 7) is 1.65. The summed E-state index contributed by atoms with van der Waals surface area (Å²) < 4.78 is 32.7. The highest BCUT2D eigenvalue weighted by Gasteiger charge is 2.61. The molecule has 1 aromatic rings. The molecule has 0 radical (unpaired) electrons. The van der Waals surface area contributed by atoms with Crippen LogP contribution in [0.3, 0.4) is 0 Å². The van der Waals surface area contributed by atoms with Gasteiger partial charge in [-0.15, -0.1) is 0 Å². The summed E-state index contributed by atoms with van der Waals surface area (Å²) in [6, 6.07) is 3.83. The molecule has 22 heavy (non-hydrogen) atoms. The van der Waals surface area contributed by atoms with Crippen molar-refractivity contribution in [2.24, 2.45) is 5.16 Å². The van der Waals surface area contributed by atoms with Gasteiger partial charge in [0.25, 0.3) is 0 Å². The molecule has 0 N–H and O–H groups in total. The average Bonchev–Trinajstić information content (AvgIpc) is 2.83. The Morgan fingerprint density at radius 2 is 2.00 bits per heavy atom. The van der Waals surface area contributed by atoms with Gasteiger partial charge in [-0.05, 0) is 36.7 Å². The van der Waals surface area contributed by atoms with Crippen LogP contribution in [0.15, 0.2) is 23.4 Å². The van der Waals surface area contributed by atoms with Crippen LogP contribution in [0, 0.1) is 0 Å². The van der Waals surface area contributed by atoms with Crippen molar-refractivity contribution in [3.63, 3.8) is 0 Å². The minimum atomic E-state index is -3.86. The molecule has 9 heteroatoms. The third-order valence-electron chi connectivity index (χ3n) is 3.03. The van der Waals surface area contributed by atoms with Crippen molar-refractivity contribution in [1.29, 1.82) is 0 Å². The fourth-order valence-electron chi connectivity index (χ4n) is 2.01. The summed E-state index contributed by atoms with van der Waals surface area (Å²) in [5.74, 6) is -0.849. The first-order valence-electron chi connectivity index (χ1n) is 6.15. The Balaban J connectivity index is 2.43. The lowest BCUT2D eigenvalue weighted by molar-refractivity contribution is -0.155. The van der Waals surface area contributed by atoms with Crippen LogP contribution >= 0.6 is 34.8 Å². The number of alkyl halides is 3. The standard InChI is InChI=1S/C13H10Cl3F2NO3/c1-2-21-11(20)10-6-12(22-19-10,13(16,17)18)7-3-8(14)5-9(15)4-7/h3-5H,2,6H2,1H3. The van der Waals surface area contributed by atoms with Crippen molar-refractivity contribution >= 4 is 46.5 Å². The Kier molecular flexibility index (Phi) is 4.84. The van der Waals surface area contributed by atoms with Gasteiger partial charge >= 0.3 is 11.4 Å². The molecular formula is C13H10Cl3F2NO3. The van der Waals surface area contributed by atoms with Crippen LogP contribution < -0.4 is 0 Å². The summed E-state index contributed by atoms with van der Waals surface area (Å²) in [4.78, 5) is 16.5. The predicted octanol–water partition coefficient (Wildman–Crippen LogP) is 4.36. The third kappa shape index (κ3) is 3.14. The Morgan fingerprint density at radius 3 is 2.50 bits per heavy atom. The number of carbonyl (C=O) groups excluding carboxylic acids is 1. The molecule has 1 aliphatic rings. The lowest BCUT2D eigenvalue weighted by Crippen LogP contribution is -2.42. The van der Waals surface area contributed by atoms with E-state index in [1.807, 2.05) is 0 Å². The van der Waals surface area contributed by atoms with Gasteiger partial charge in [-0.2, -0.15) is 8.78 Å². The van der Waals surface area contributed by atoms with Crippen LogP contribution in [0.1, 0.15) is 18.9 Å². The monoisotopic (exact) mass is 371 g/mol. The van der Waals surface area contributed by atoms with E-state index in [0.717, 1.165) is 0 Å². The topological polar surface area (TPSA) is 47.9 Å². The van der Waals surface area contributed by atoms with E-state index in [-0.39, 0.29) is 27.9 Å². The number of benzene rings is 1. The minimum Gasteiger partial charge on any atom is -0.461 e. The van der Waals surface area contributed by atoms with Crippen molar-refractivity contribution in [3.8, 4) is 0 Å². The molecule has 0 aromatic heterocycles. The maximum Gasteiger partial charge on any atom is 0.367 e. The molecule has 0 amide bonds. The van der Waals surface area contributed by atoms with Gasteiger partial charge in [0.1, 0.15) is 0 Å². The van der Waals surface area contributed by atoms with Crippen LogP contribution in [-0.2, 0) is 20.0 Å². The van der Waals surface area contributed by atoms with Crippen molar-refractivity contribution in [1.82, 2.24) is 0 Å². The Hall–Kier alpha value is -1.11. The van der Waals surface area contributed by atoms with Crippen LogP contribution in [0.5, 0.6) is 0 Å². The predicted molar refractivity (Wildman–Crippen MR) is 78.7 cm³/mol. The molecule has 1 unspecified atom stereocenters. The molecule has 0 fully saturated rings. The van der Waals surface area contributed by atoms with Crippen molar-refractivity contribution < 1.29 is 23.1 Å². The molecule has 1 aromatic carbocycles. The maximum atomic E-state index is 14.0. The third-order valence-corrected chi connectivity index (χ3v) is 3.77. The number of nitrogens with zero attached hydrogens (tertiary/aromatic N) is 1. The number of esters is 1. The molecule has 4 nitrogen and oxygen atoms in total. The highest BCUT2D eigenvalue weighted by Crippen LogP contribution is 2.50. The van der Waals surface area contributed by atoms with Crippen LogP contribution in [0.2, 0.25) is 10.0 Å². The van der Waals surface area contributed by atoms with Gasteiger partial charge in [-0.25, -0.2) is 4.79 Å². The van der Waals surface area contributed by atoms with E-state index in [4.69, 9.17) is 44.4 Å². The molecule has 2 rings (SSSR count). The van der Waals surface area contributed by atoms with Crippen LogP contribution in [0.4, 0.5) is 8.78 Å². The second-order valence-electron chi connectivity index (χ2n) is 4.51. The number of carbonyl (C=O) groups is 1. The fraction of sp³-hybridized carbons (Fsp3) is 0.385. The van der Waals surface area contributed by atoms with Crippen LogP contribution in [0.25, 0.3) is 0 Å². The van der Waals surface area contributed by atoms with Gasteiger partial charge in [0.15, 0.2) is 5.71 Å². The van der Waals surface area contributed by atoms with Gasteiger partial charge in [-0.1, -0.05) is 28.4 Å². The zero-order valence-corrected chi connectivity index (χ0v) is 13.5. The van der Waals surface area contributed by atoms with Crippen LogP contribution in [-0.4, -0.2) is 23.7 Å². The Bertz CT molecular complexity index is 613. The number of rotatable bonds is 4. The second-order valence-corrected chi connectivity index (χ2v) is 5.86. The molecule has 0 saturated heterocycles. The first kappa shape index (κ1) is 17.2. The summed E-state index contributed by atoms with van der Waals surface area (Å²) in [5.41, 5.74) is -2.77. The zero-order chi connectivity index (χ0) is 16.5. The normalized spacial score (nSPS) is 21.3. The van der Waals surface area contributed by atoms with Gasteiger partial charge in [0, 0.05) is 15.6 Å². The summed E-state index contributed by atoms with van der Waals surface area (Å²) in [7, 11) is 0. The van der Waals surface area contributed by atoms with Crippen molar-refractivity contribution in [3.05, 3.63) is 33.8 Å². The summed E-state index contributed by atoms with van der Waals surface area (Å²) in [6.07, 6.45) is -0.570. The first-order chi connectivity index (χ1) is 10.2. The number of hydrogen-bond donors (Lipinski definition) is 0. The van der Waals surface area contributed by atoms with Gasteiger partial charge < -0.3 is 9.57 Å². The fourth-order valence-corrected chi connectivity index (χ4v) is 2.75. The van der Waals surface area contributed by atoms with E-state index in [9.17, 15) is 13.6 Å². The molecule has 1 heterocycles. The number of halogens is 5. The molecule has 120 valence electrons. The Morgan fingerprint density at radius 1 is 1.41 bits per heavy atom.